The van der Waals surface area contributed by atoms with Crippen LogP contribution in [0.1, 0.15) is 47.4 Å². The molecule has 7 nitrogen and oxygen atoms in total. The molecule has 1 aliphatic rings. The summed E-state index contributed by atoms with van der Waals surface area (Å²) < 4.78 is 4.85. The molecule has 128 valence electrons. The van der Waals surface area contributed by atoms with E-state index in [1.807, 2.05) is 13.8 Å². The van der Waals surface area contributed by atoms with E-state index in [1.54, 1.807) is 12.1 Å². The Labute approximate surface area is 140 Å². The van der Waals surface area contributed by atoms with Gasteiger partial charge in [-0.05, 0) is 25.0 Å². The maximum absolute atomic E-state index is 12.1. The first-order valence-electron chi connectivity index (χ1n) is 7.88. The molecular weight excluding hydrogens is 312 g/mol. The molecule has 0 spiro atoms. The molecule has 1 heterocycles. The fourth-order valence-electron chi connectivity index (χ4n) is 2.47. The first-order chi connectivity index (χ1) is 11.5. The van der Waals surface area contributed by atoms with Crippen LogP contribution in [0.2, 0.25) is 0 Å². The lowest BCUT2D eigenvalue weighted by Crippen LogP contribution is -2.39. The smallest absolute Gasteiger partial charge is 0.326 e. The molecule has 0 bridgehead atoms. The number of nitrogens with one attached hydrogen (secondary N) is 1. The lowest BCUT2D eigenvalue weighted by molar-refractivity contribution is -0.148. The number of esters is 1. The number of hydrogen-bond acceptors (Lipinski definition) is 5. The zero-order chi connectivity index (χ0) is 17.7. The third-order valence-electron chi connectivity index (χ3n) is 3.88. The Kier molecular flexibility index (Phi) is 5.68. The van der Waals surface area contributed by atoms with Gasteiger partial charge in [-0.3, -0.25) is 24.1 Å². The summed E-state index contributed by atoms with van der Waals surface area (Å²) in [6.07, 6.45) is 1.57. The van der Waals surface area contributed by atoms with Gasteiger partial charge in [-0.1, -0.05) is 26.0 Å². The molecule has 1 aromatic rings. The van der Waals surface area contributed by atoms with Crippen LogP contribution in [-0.2, 0) is 14.3 Å². The number of carbonyl (C=O) groups is 4. The van der Waals surface area contributed by atoms with Crippen LogP contribution in [0.5, 0.6) is 0 Å². The zero-order valence-corrected chi connectivity index (χ0v) is 13.7. The summed E-state index contributed by atoms with van der Waals surface area (Å²) in [5.41, 5.74) is 0.531. The van der Waals surface area contributed by atoms with Gasteiger partial charge in [0.15, 0.2) is 6.61 Å². The van der Waals surface area contributed by atoms with E-state index in [-0.39, 0.29) is 17.2 Å². The Morgan fingerprint density at radius 2 is 1.62 bits per heavy atom. The van der Waals surface area contributed by atoms with E-state index >= 15 is 0 Å². The number of rotatable bonds is 7. The van der Waals surface area contributed by atoms with E-state index in [2.05, 4.69) is 5.32 Å². The fraction of sp³-hybridized carbons (Fsp3) is 0.412. The quantitative estimate of drug-likeness (QED) is 0.597. The molecule has 0 unspecified atom stereocenters. The molecule has 3 amide bonds. The molecule has 0 atom stereocenters. The maximum Gasteiger partial charge on any atom is 0.326 e. The lowest BCUT2D eigenvalue weighted by atomic mass is 10.1. The second kappa shape index (κ2) is 7.72. The Morgan fingerprint density at radius 1 is 1.08 bits per heavy atom. The molecule has 0 aromatic heterocycles. The van der Waals surface area contributed by atoms with Crippen molar-refractivity contribution >= 4 is 23.7 Å². The highest BCUT2D eigenvalue weighted by molar-refractivity contribution is 6.22. The molecule has 0 radical (unpaired) electrons. The Bertz CT molecular complexity index is 632. The predicted molar refractivity (Wildman–Crippen MR) is 85.3 cm³/mol. The second-order valence-electron chi connectivity index (χ2n) is 5.48. The van der Waals surface area contributed by atoms with Crippen molar-refractivity contribution in [1.82, 2.24) is 10.2 Å². The van der Waals surface area contributed by atoms with Crippen LogP contribution in [0.15, 0.2) is 24.3 Å². The molecular formula is C17H20N2O5. The van der Waals surface area contributed by atoms with Crippen LogP contribution in [0, 0.1) is 0 Å². The summed E-state index contributed by atoms with van der Waals surface area (Å²) in [6.45, 7) is 2.95. The number of hydrogen-bond donors (Lipinski definition) is 1. The number of amides is 3. The average Bonchev–Trinajstić information content (AvgIpc) is 2.83. The first-order valence-corrected chi connectivity index (χ1v) is 7.88. The van der Waals surface area contributed by atoms with Gasteiger partial charge in [0.05, 0.1) is 11.1 Å². The van der Waals surface area contributed by atoms with Crippen molar-refractivity contribution < 1.29 is 23.9 Å². The standard InChI is InChI=1S/C17H20N2O5/c1-3-11(4-2)18-14(20)10-24-15(21)9-19-16(22)12-7-5-6-8-13(12)17(19)23/h5-8,11H,3-4,9-10H2,1-2H3,(H,18,20). The van der Waals surface area contributed by atoms with Crippen molar-refractivity contribution in [1.29, 1.82) is 0 Å². The number of ether oxygens (including phenoxy) is 1. The van der Waals surface area contributed by atoms with E-state index in [0.717, 1.165) is 17.7 Å². The number of nitrogens with zero attached hydrogens (tertiary/aromatic N) is 1. The van der Waals surface area contributed by atoms with Crippen LogP contribution in [0.25, 0.3) is 0 Å². The predicted octanol–water partition coefficient (Wildman–Crippen LogP) is 1.13. The molecule has 1 aromatic carbocycles. The molecule has 0 saturated heterocycles. The van der Waals surface area contributed by atoms with Crippen LogP contribution in [0.3, 0.4) is 0 Å². The zero-order valence-electron chi connectivity index (χ0n) is 13.7. The molecule has 2 rings (SSSR count). The number of fused-ring (bicyclic) bond motifs is 1. The Hall–Kier alpha value is -2.70. The summed E-state index contributed by atoms with van der Waals surface area (Å²) >= 11 is 0. The highest BCUT2D eigenvalue weighted by atomic mass is 16.5. The third-order valence-corrected chi connectivity index (χ3v) is 3.88. The van der Waals surface area contributed by atoms with Crippen molar-refractivity contribution in [3.8, 4) is 0 Å². The summed E-state index contributed by atoms with van der Waals surface area (Å²) in [5.74, 6) is -2.27. The molecule has 1 N–H and O–H groups in total. The van der Waals surface area contributed by atoms with Gasteiger partial charge in [-0.15, -0.1) is 0 Å². The van der Waals surface area contributed by atoms with Gasteiger partial charge in [0.25, 0.3) is 17.7 Å². The summed E-state index contributed by atoms with van der Waals surface area (Å²) in [5, 5.41) is 2.73. The SMILES string of the molecule is CCC(CC)NC(=O)COC(=O)CN1C(=O)c2ccccc2C1=O. The van der Waals surface area contributed by atoms with Crippen LogP contribution in [-0.4, -0.2) is 47.8 Å². The molecule has 0 fully saturated rings. The minimum absolute atomic E-state index is 0.0347. The minimum atomic E-state index is -0.802. The van der Waals surface area contributed by atoms with Gasteiger partial charge in [-0.2, -0.15) is 0 Å². The minimum Gasteiger partial charge on any atom is -0.454 e. The van der Waals surface area contributed by atoms with Gasteiger partial charge in [0.1, 0.15) is 6.54 Å². The van der Waals surface area contributed by atoms with Crippen molar-refractivity contribution in [3.05, 3.63) is 35.4 Å². The summed E-state index contributed by atoms with van der Waals surface area (Å²) in [4.78, 5) is 48.6. The topological polar surface area (TPSA) is 92.8 Å². The third kappa shape index (κ3) is 3.79. The fourth-order valence-corrected chi connectivity index (χ4v) is 2.47. The van der Waals surface area contributed by atoms with Crippen molar-refractivity contribution in [2.45, 2.75) is 32.7 Å². The van der Waals surface area contributed by atoms with E-state index in [9.17, 15) is 19.2 Å². The van der Waals surface area contributed by atoms with E-state index in [4.69, 9.17) is 4.74 Å². The number of carbonyl (C=O) groups excluding carboxylic acids is 4. The van der Waals surface area contributed by atoms with Crippen LogP contribution in [0.4, 0.5) is 0 Å². The second-order valence-corrected chi connectivity index (χ2v) is 5.48. The van der Waals surface area contributed by atoms with Crippen molar-refractivity contribution in [3.63, 3.8) is 0 Å². The number of imide groups is 1. The average molecular weight is 332 g/mol. The molecule has 7 heteroatoms. The van der Waals surface area contributed by atoms with E-state index in [1.165, 1.54) is 12.1 Å². The Balaban J connectivity index is 1.87. The first kappa shape index (κ1) is 17.7. The molecule has 24 heavy (non-hydrogen) atoms. The lowest BCUT2D eigenvalue weighted by Gasteiger charge is -2.15. The van der Waals surface area contributed by atoms with Gasteiger partial charge < -0.3 is 10.1 Å². The van der Waals surface area contributed by atoms with E-state index < -0.39 is 36.8 Å². The van der Waals surface area contributed by atoms with Crippen LogP contribution >= 0.6 is 0 Å². The normalized spacial score (nSPS) is 13.2. The molecule has 0 saturated carbocycles. The van der Waals surface area contributed by atoms with Gasteiger partial charge in [0, 0.05) is 6.04 Å². The van der Waals surface area contributed by atoms with Gasteiger partial charge >= 0.3 is 5.97 Å². The maximum atomic E-state index is 12.1. The summed E-state index contributed by atoms with van der Waals surface area (Å²) in [6, 6.07) is 6.39. The molecule has 0 aliphatic carbocycles. The van der Waals surface area contributed by atoms with Gasteiger partial charge in [0.2, 0.25) is 0 Å². The van der Waals surface area contributed by atoms with E-state index in [0.29, 0.717) is 0 Å². The monoisotopic (exact) mass is 332 g/mol. The largest absolute Gasteiger partial charge is 0.454 e. The number of benzene rings is 1. The summed E-state index contributed by atoms with van der Waals surface area (Å²) in [7, 11) is 0. The van der Waals surface area contributed by atoms with Crippen molar-refractivity contribution in [2.75, 3.05) is 13.2 Å². The highest BCUT2D eigenvalue weighted by Crippen LogP contribution is 2.21. The van der Waals surface area contributed by atoms with Crippen LogP contribution < -0.4 is 5.32 Å². The highest BCUT2D eigenvalue weighted by Gasteiger charge is 2.36. The van der Waals surface area contributed by atoms with Gasteiger partial charge in [-0.25, -0.2) is 0 Å². The van der Waals surface area contributed by atoms with Crippen molar-refractivity contribution in [2.24, 2.45) is 0 Å². The Morgan fingerprint density at radius 3 is 2.12 bits per heavy atom. The molecule has 1 aliphatic heterocycles.